The average Bonchev–Trinajstić information content (AvgIpc) is 3.15. The molecular formula is C18H23ClN4O3. The maximum absolute atomic E-state index is 12.4. The molecule has 1 aromatic carbocycles. The van der Waals surface area contributed by atoms with Crippen molar-refractivity contribution in [3.8, 4) is 5.75 Å². The van der Waals surface area contributed by atoms with Crippen LogP contribution in [0.1, 0.15) is 29.4 Å². The maximum Gasteiger partial charge on any atom is 0.276 e. The quantitative estimate of drug-likeness (QED) is 0.724. The molecule has 1 atom stereocenters. The zero-order valence-electron chi connectivity index (χ0n) is 14.7. The number of piperidine rings is 1. The molecule has 0 radical (unpaired) electrons. The molecule has 2 heterocycles. The first-order chi connectivity index (χ1) is 12.7. The molecule has 1 aromatic heterocycles. The van der Waals surface area contributed by atoms with E-state index in [-0.39, 0.29) is 5.91 Å². The lowest BCUT2D eigenvalue weighted by Crippen LogP contribution is -2.32. The van der Waals surface area contributed by atoms with Gasteiger partial charge in [-0.3, -0.25) is 9.48 Å². The first kappa shape index (κ1) is 18.7. The molecule has 140 valence electrons. The molecule has 26 heavy (non-hydrogen) atoms. The highest BCUT2D eigenvalue weighted by molar-refractivity contribution is 6.32. The molecule has 0 saturated carbocycles. The van der Waals surface area contributed by atoms with Crippen LogP contribution < -0.4 is 15.4 Å². The Bertz CT molecular complexity index is 744. The van der Waals surface area contributed by atoms with Crippen LogP contribution in [0.2, 0.25) is 5.02 Å². The van der Waals surface area contributed by atoms with Crippen LogP contribution in [0.5, 0.6) is 5.75 Å². The topological polar surface area (TPSA) is 77.4 Å². The number of carbonyl (C=O) groups is 1. The SMILES string of the molecule is COCCOc1ccc(NC(=O)c2ccn(C3CCCNC3)n2)cc1Cl. The third-order valence-corrected chi connectivity index (χ3v) is 4.52. The minimum atomic E-state index is -0.267. The van der Waals surface area contributed by atoms with Crippen molar-refractivity contribution < 1.29 is 14.3 Å². The summed E-state index contributed by atoms with van der Waals surface area (Å²) in [5, 5.41) is 11.0. The van der Waals surface area contributed by atoms with Gasteiger partial charge >= 0.3 is 0 Å². The van der Waals surface area contributed by atoms with Gasteiger partial charge in [-0.25, -0.2) is 0 Å². The molecule has 0 aliphatic carbocycles. The molecule has 8 heteroatoms. The first-order valence-corrected chi connectivity index (χ1v) is 9.03. The molecule has 1 unspecified atom stereocenters. The summed E-state index contributed by atoms with van der Waals surface area (Å²) in [6.45, 7) is 2.81. The second-order valence-electron chi connectivity index (χ2n) is 6.12. The number of amides is 1. The fraction of sp³-hybridized carbons (Fsp3) is 0.444. The first-order valence-electron chi connectivity index (χ1n) is 8.66. The normalized spacial score (nSPS) is 17.1. The molecule has 0 bridgehead atoms. The summed E-state index contributed by atoms with van der Waals surface area (Å²) in [4.78, 5) is 12.4. The van der Waals surface area contributed by atoms with Gasteiger partial charge in [0.25, 0.3) is 5.91 Å². The molecule has 2 N–H and O–H groups in total. The maximum atomic E-state index is 12.4. The number of benzene rings is 1. The van der Waals surface area contributed by atoms with Crippen LogP contribution >= 0.6 is 11.6 Å². The molecule has 1 aliphatic heterocycles. The van der Waals surface area contributed by atoms with E-state index in [2.05, 4.69) is 15.7 Å². The van der Waals surface area contributed by atoms with Gasteiger partial charge in [-0.15, -0.1) is 0 Å². The third-order valence-electron chi connectivity index (χ3n) is 4.22. The van der Waals surface area contributed by atoms with Gasteiger partial charge in [0.05, 0.1) is 17.7 Å². The van der Waals surface area contributed by atoms with E-state index in [4.69, 9.17) is 21.1 Å². The Morgan fingerprint density at radius 1 is 1.42 bits per heavy atom. The summed E-state index contributed by atoms with van der Waals surface area (Å²) >= 11 is 6.20. The van der Waals surface area contributed by atoms with Gasteiger partial charge in [-0.2, -0.15) is 5.10 Å². The number of nitrogens with one attached hydrogen (secondary N) is 2. The molecule has 0 spiro atoms. The van der Waals surface area contributed by atoms with Crippen molar-refractivity contribution in [3.63, 3.8) is 0 Å². The van der Waals surface area contributed by atoms with Crippen LogP contribution in [0.4, 0.5) is 5.69 Å². The fourth-order valence-corrected chi connectivity index (χ4v) is 3.08. The minimum absolute atomic E-state index is 0.267. The number of methoxy groups -OCH3 is 1. The summed E-state index contributed by atoms with van der Waals surface area (Å²) in [6, 6.07) is 7.15. The molecule has 1 saturated heterocycles. The lowest BCUT2D eigenvalue weighted by Gasteiger charge is -2.22. The Morgan fingerprint density at radius 2 is 2.31 bits per heavy atom. The van der Waals surface area contributed by atoms with Crippen molar-refractivity contribution in [1.29, 1.82) is 0 Å². The van der Waals surface area contributed by atoms with Crippen molar-refractivity contribution in [2.45, 2.75) is 18.9 Å². The van der Waals surface area contributed by atoms with Crippen LogP contribution in [0.25, 0.3) is 0 Å². The van der Waals surface area contributed by atoms with Gasteiger partial charge in [0, 0.05) is 25.5 Å². The highest BCUT2D eigenvalue weighted by Gasteiger charge is 2.18. The highest BCUT2D eigenvalue weighted by atomic mass is 35.5. The zero-order chi connectivity index (χ0) is 18.4. The number of nitrogens with zero attached hydrogens (tertiary/aromatic N) is 2. The van der Waals surface area contributed by atoms with E-state index in [9.17, 15) is 4.79 Å². The summed E-state index contributed by atoms with van der Waals surface area (Å²) < 4.78 is 12.3. The van der Waals surface area contributed by atoms with E-state index in [1.165, 1.54) is 0 Å². The largest absolute Gasteiger partial charge is 0.490 e. The van der Waals surface area contributed by atoms with E-state index in [1.807, 2.05) is 10.9 Å². The van der Waals surface area contributed by atoms with Gasteiger partial charge in [0.2, 0.25) is 0 Å². The predicted molar refractivity (Wildman–Crippen MR) is 100 cm³/mol. The van der Waals surface area contributed by atoms with E-state index >= 15 is 0 Å². The van der Waals surface area contributed by atoms with Crippen molar-refractivity contribution >= 4 is 23.2 Å². The minimum Gasteiger partial charge on any atom is -0.490 e. The Kier molecular flexibility index (Phi) is 6.49. The van der Waals surface area contributed by atoms with Gasteiger partial charge in [-0.1, -0.05) is 11.6 Å². The van der Waals surface area contributed by atoms with Gasteiger partial charge in [0.15, 0.2) is 5.69 Å². The summed E-state index contributed by atoms with van der Waals surface area (Å²) in [5.74, 6) is 0.285. The number of aromatic nitrogens is 2. The number of ether oxygens (including phenoxy) is 2. The van der Waals surface area contributed by atoms with E-state index in [1.54, 1.807) is 31.4 Å². The second kappa shape index (κ2) is 9.02. The third kappa shape index (κ3) is 4.75. The Morgan fingerprint density at radius 3 is 3.04 bits per heavy atom. The van der Waals surface area contributed by atoms with Gasteiger partial charge < -0.3 is 20.1 Å². The smallest absolute Gasteiger partial charge is 0.276 e. The van der Waals surface area contributed by atoms with Crippen molar-refractivity contribution in [2.24, 2.45) is 0 Å². The lowest BCUT2D eigenvalue weighted by atomic mass is 10.1. The molecule has 1 fully saturated rings. The number of halogens is 1. The summed E-state index contributed by atoms with van der Waals surface area (Å²) in [6.07, 6.45) is 4.03. The fourth-order valence-electron chi connectivity index (χ4n) is 2.85. The molecule has 1 aliphatic rings. The lowest BCUT2D eigenvalue weighted by molar-refractivity contribution is 0.102. The number of carbonyl (C=O) groups excluding carboxylic acids is 1. The monoisotopic (exact) mass is 378 g/mol. The number of rotatable bonds is 7. The number of hydrogen-bond donors (Lipinski definition) is 2. The van der Waals surface area contributed by atoms with Gasteiger partial charge in [-0.05, 0) is 43.7 Å². The van der Waals surface area contributed by atoms with E-state index in [0.717, 1.165) is 25.9 Å². The second-order valence-corrected chi connectivity index (χ2v) is 6.53. The van der Waals surface area contributed by atoms with Crippen molar-refractivity contribution in [3.05, 3.63) is 41.2 Å². The predicted octanol–water partition coefficient (Wildman–Crippen LogP) is 2.74. The van der Waals surface area contributed by atoms with Crippen molar-refractivity contribution in [2.75, 3.05) is 38.7 Å². The highest BCUT2D eigenvalue weighted by Crippen LogP contribution is 2.28. The number of anilines is 1. The molecule has 3 rings (SSSR count). The number of hydrogen-bond acceptors (Lipinski definition) is 5. The van der Waals surface area contributed by atoms with Crippen LogP contribution in [-0.4, -0.2) is 49.1 Å². The summed E-state index contributed by atoms with van der Waals surface area (Å²) in [5.41, 5.74) is 0.972. The Hall–Kier alpha value is -2.09. The van der Waals surface area contributed by atoms with Crippen LogP contribution in [-0.2, 0) is 4.74 Å². The van der Waals surface area contributed by atoms with E-state index in [0.29, 0.717) is 41.4 Å². The Labute approximate surface area is 157 Å². The van der Waals surface area contributed by atoms with Gasteiger partial charge in [0.1, 0.15) is 12.4 Å². The van der Waals surface area contributed by atoms with Crippen LogP contribution in [0, 0.1) is 0 Å². The molecule has 1 amide bonds. The molecule has 7 nitrogen and oxygen atoms in total. The average molecular weight is 379 g/mol. The zero-order valence-corrected chi connectivity index (χ0v) is 15.5. The van der Waals surface area contributed by atoms with Crippen LogP contribution in [0.3, 0.4) is 0 Å². The Balaban J connectivity index is 1.61. The molecular weight excluding hydrogens is 356 g/mol. The molecule has 2 aromatic rings. The van der Waals surface area contributed by atoms with Crippen molar-refractivity contribution in [1.82, 2.24) is 15.1 Å². The van der Waals surface area contributed by atoms with Crippen LogP contribution in [0.15, 0.2) is 30.5 Å². The summed E-state index contributed by atoms with van der Waals surface area (Å²) in [7, 11) is 1.61. The van der Waals surface area contributed by atoms with E-state index < -0.39 is 0 Å². The standard InChI is InChI=1S/C18H23ClN4O3/c1-25-9-10-26-17-5-4-13(11-15(17)19)21-18(24)16-6-8-23(22-16)14-3-2-7-20-12-14/h4-6,8,11,14,20H,2-3,7,9-10,12H2,1H3,(H,21,24).